The molecule has 0 amide bonds. The van der Waals surface area contributed by atoms with Crippen molar-refractivity contribution in [1.82, 2.24) is 9.78 Å². The van der Waals surface area contributed by atoms with E-state index in [0.717, 1.165) is 25.0 Å². The maximum atomic E-state index is 6.75. The summed E-state index contributed by atoms with van der Waals surface area (Å²) in [5.74, 6) is 0. The van der Waals surface area contributed by atoms with Crippen LogP contribution in [-0.2, 0) is 25.4 Å². The standard InChI is InChI=1S/C18H19N3/c1-21-17-9-5-3-7-14(17)16(20-21)12-18(19)11-10-13-6-2-4-8-15(13)18/h2-9H,10-12,19H2,1H3. The van der Waals surface area contributed by atoms with Crippen LogP contribution in [0.15, 0.2) is 48.5 Å². The second-order valence-electron chi connectivity index (χ2n) is 6.08. The van der Waals surface area contributed by atoms with Gasteiger partial charge in [0.2, 0.25) is 0 Å². The smallest absolute Gasteiger partial charge is 0.0725 e. The minimum Gasteiger partial charge on any atom is -0.321 e. The van der Waals surface area contributed by atoms with Crippen LogP contribution >= 0.6 is 0 Å². The van der Waals surface area contributed by atoms with Crippen molar-refractivity contribution in [1.29, 1.82) is 0 Å². The fraction of sp³-hybridized carbons (Fsp3) is 0.278. The number of benzene rings is 2. The van der Waals surface area contributed by atoms with E-state index in [0.29, 0.717) is 0 Å². The Morgan fingerprint density at radius 1 is 1.14 bits per heavy atom. The van der Waals surface area contributed by atoms with Crippen LogP contribution in [0.5, 0.6) is 0 Å². The van der Waals surface area contributed by atoms with Gasteiger partial charge in [0.05, 0.1) is 11.2 Å². The van der Waals surface area contributed by atoms with Crippen LogP contribution in [0.4, 0.5) is 0 Å². The van der Waals surface area contributed by atoms with E-state index >= 15 is 0 Å². The lowest BCUT2D eigenvalue weighted by atomic mass is 9.87. The van der Waals surface area contributed by atoms with Crippen LogP contribution in [0.2, 0.25) is 0 Å². The third-order valence-corrected chi connectivity index (χ3v) is 4.71. The van der Waals surface area contributed by atoms with Gasteiger partial charge in [0, 0.05) is 24.4 Å². The van der Waals surface area contributed by atoms with E-state index in [-0.39, 0.29) is 5.54 Å². The largest absolute Gasteiger partial charge is 0.321 e. The normalized spacial score (nSPS) is 20.9. The molecular weight excluding hydrogens is 258 g/mol. The molecule has 4 rings (SSSR count). The van der Waals surface area contributed by atoms with Crippen LogP contribution in [-0.4, -0.2) is 9.78 Å². The van der Waals surface area contributed by atoms with Crippen molar-refractivity contribution < 1.29 is 0 Å². The van der Waals surface area contributed by atoms with Crippen molar-refractivity contribution >= 4 is 10.9 Å². The summed E-state index contributed by atoms with van der Waals surface area (Å²) < 4.78 is 1.95. The van der Waals surface area contributed by atoms with Gasteiger partial charge in [-0.2, -0.15) is 5.10 Å². The highest BCUT2D eigenvalue weighted by Crippen LogP contribution is 2.38. The number of aromatic nitrogens is 2. The Bertz CT molecular complexity index is 818. The van der Waals surface area contributed by atoms with E-state index in [4.69, 9.17) is 10.8 Å². The van der Waals surface area contributed by atoms with E-state index < -0.39 is 0 Å². The first-order chi connectivity index (χ1) is 10.2. The predicted molar refractivity (Wildman–Crippen MR) is 85.0 cm³/mol. The molecule has 3 nitrogen and oxygen atoms in total. The number of aryl methyl sites for hydroxylation is 2. The van der Waals surface area contributed by atoms with Crippen molar-refractivity contribution in [3.63, 3.8) is 0 Å². The SMILES string of the molecule is Cn1nc(CC2(N)CCc3ccccc32)c2ccccc21. The maximum Gasteiger partial charge on any atom is 0.0725 e. The molecule has 0 spiro atoms. The van der Waals surface area contributed by atoms with Gasteiger partial charge < -0.3 is 5.73 Å². The van der Waals surface area contributed by atoms with Gasteiger partial charge in [0.1, 0.15) is 0 Å². The fourth-order valence-corrected chi connectivity index (χ4v) is 3.62. The van der Waals surface area contributed by atoms with Gasteiger partial charge in [-0.1, -0.05) is 42.5 Å². The van der Waals surface area contributed by atoms with E-state index in [1.165, 1.54) is 22.0 Å². The van der Waals surface area contributed by atoms with Gasteiger partial charge in [0.25, 0.3) is 0 Å². The molecule has 0 fully saturated rings. The summed E-state index contributed by atoms with van der Waals surface area (Å²) in [6.07, 6.45) is 2.86. The van der Waals surface area contributed by atoms with Crippen LogP contribution < -0.4 is 5.73 Å². The van der Waals surface area contributed by atoms with E-state index in [9.17, 15) is 0 Å². The lowest BCUT2D eigenvalue weighted by Gasteiger charge is -2.24. The third kappa shape index (κ3) is 1.88. The molecule has 1 aliphatic carbocycles. The Morgan fingerprint density at radius 2 is 1.90 bits per heavy atom. The first-order valence-corrected chi connectivity index (χ1v) is 7.45. The highest BCUT2D eigenvalue weighted by molar-refractivity contribution is 5.82. The first-order valence-electron chi connectivity index (χ1n) is 7.45. The first kappa shape index (κ1) is 12.6. The molecule has 3 aromatic rings. The molecule has 0 bridgehead atoms. The average Bonchev–Trinajstić information content (AvgIpc) is 3.00. The zero-order chi connectivity index (χ0) is 14.4. The number of hydrogen-bond donors (Lipinski definition) is 1. The fourth-order valence-electron chi connectivity index (χ4n) is 3.62. The van der Waals surface area contributed by atoms with Crippen molar-refractivity contribution in [2.45, 2.75) is 24.8 Å². The lowest BCUT2D eigenvalue weighted by Crippen LogP contribution is -2.36. The van der Waals surface area contributed by atoms with Gasteiger partial charge in [-0.3, -0.25) is 4.68 Å². The summed E-state index contributed by atoms with van der Waals surface area (Å²) in [4.78, 5) is 0. The number of nitrogens with two attached hydrogens (primary N) is 1. The van der Waals surface area contributed by atoms with Gasteiger partial charge in [0.15, 0.2) is 0 Å². The number of rotatable bonds is 2. The zero-order valence-corrected chi connectivity index (χ0v) is 12.2. The second kappa shape index (κ2) is 4.43. The molecule has 0 radical (unpaired) electrons. The maximum absolute atomic E-state index is 6.75. The van der Waals surface area contributed by atoms with E-state index in [2.05, 4.69) is 48.5 Å². The number of para-hydroxylation sites is 1. The monoisotopic (exact) mass is 277 g/mol. The second-order valence-corrected chi connectivity index (χ2v) is 6.08. The minimum absolute atomic E-state index is 0.284. The Labute approximate surface area is 124 Å². The topological polar surface area (TPSA) is 43.8 Å². The highest BCUT2D eigenvalue weighted by Gasteiger charge is 2.35. The highest BCUT2D eigenvalue weighted by atomic mass is 15.3. The molecule has 1 heterocycles. The molecule has 106 valence electrons. The average molecular weight is 277 g/mol. The van der Waals surface area contributed by atoms with Crippen molar-refractivity contribution in [3.8, 4) is 0 Å². The minimum atomic E-state index is -0.284. The number of fused-ring (bicyclic) bond motifs is 2. The molecule has 2 N–H and O–H groups in total. The van der Waals surface area contributed by atoms with Crippen molar-refractivity contribution in [3.05, 3.63) is 65.4 Å². The van der Waals surface area contributed by atoms with Crippen molar-refractivity contribution in [2.24, 2.45) is 12.8 Å². The Morgan fingerprint density at radius 3 is 2.81 bits per heavy atom. The molecule has 1 atom stereocenters. The van der Waals surface area contributed by atoms with Crippen molar-refractivity contribution in [2.75, 3.05) is 0 Å². The molecule has 1 unspecified atom stereocenters. The van der Waals surface area contributed by atoms with Gasteiger partial charge in [-0.15, -0.1) is 0 Å². The molecule has 0 saturated carbocycles. The summed E-state index contributed by atoms with van der Waals surface area (Å²) in [7, 11) is 2.00. The zero-order valence-electron chi connectivity index (χ0n) is 12.2. The molecule has 2 aromatic carbocycles. The molecular formula is C18H19N3. The molecule has 0 aliphatic heterocycles. The summed E-state index contributed by atoms with van der Waals surface area (Å²) in [5.41, 5.74) is 11.4. The van der Waals surface area contributed by atoms with Crippen LogP contribution in [0.3, 0.4) is 0 Å². The summed E-state index contributed by atoms with van der Waals surface area (Å²) in [6, 6.07) is 16.9. The number of nitrogens with zero attached hydrogens (tertiary/aromatic N) is 2. The van der Waals surface area contributed by atoms with Gasteiger partial charge >= 0.3 is 0 Å². The van der Waals surface area contributed by atoms with Crippen LogP contribution in [0, 0.1) is 0 Å². The third-order valence-electron chi connectivity index (χ3n) is 4.71. The molecule has 3 heteroatoms. The Balaban J connectivity index is 1.79. The van der Waals surface area contributed by atoms with Gasteiger partial charge in [-0.25, -0.2) is 0 Å². The van der Waals surface area contributed by atoms with Gasteiger partial charge in [-0.05, 0) is 30.0 Å². The summed E-state index contributed by atoms with van der Waals surface area (Å²) in [6.45, 7) is 0. The van der Waals surface area contributed by atoms with Crippen LogP contribution in [0.1, 0.15) is 23.2 Å². The van der Waals surface area contributed by atoms with Crippen LogP contribution in [0.25, 0.3) is 10.9 Å². The summed E-state index contributed by atoms with van der Waals surface area (Å²) >= 11 is 0. The Hall–Kier alpha value is -2.13. The summed E-state index contributed by atoms with van der Waals surface area (Å²) in [5, 5.41) is 5.92. The van der Waals surface area contributed by atoms with E-state index in [1.807, 2.05) is 11.7 Å². The molecule has 1 aliphatic rings. The lowest BCUT2D eigenvalue weighted by molar-refractivity contribution is 0.433. The Kier molecular flexibility index (Phi) is 2.66. The molecule has 0 saturated heterocycles. The number of hydrogen-bond acceptors (Lipinski definition) is 2. The van der Waals surface area contributed by atoms with E-state index in [1.54, 1.807) is 0 Å². The quantitative estimate of drug-likeness (QED) is 0.782. The molecule has 1 aromatic heterocycles. The molecule has 21 heavy (non-hydrogen) atoms. The predicted octanol–water partition coefficient (Wildman–Crippen LogP) is 2.92.